The zero-order valence-electron chi connectivity index (χ0n) is 15.9. The predicted molar refractivity (Wildman–Crippen MR) is 109 cm³/mol. The number of fused-ring (bicyclic) bond motifs is 1. The maximum atomic E-state index is 13.0. The zero-order valence-corrected chi connectivity index (χ0v) is 15.9. The van der Waals surface area contributed by atoms with E-state index in [1.807, 2.05) is 91.7 Å². The summed E-state index contributed by atoms with van der Waals surface area (Å²) in [5, 5.41) is 3.09. The number of hydrogen-bond acceptors (Lipinski definition) is 4. The lowest BCUT2D eigenvalue weighted by Crippen LogP contribution is -2.28. The van der Waals surface area contributed by atoms with Crippen molar-refractivity contribution in [3.8, 4) is 11.5 Å². The van der Waals surface area contributed by atoms with Crippen molar-refractivity contribution in [3.63, 3.8) is 0 Å². The van der Waals surface area contributed by atoms with Gasteiger partial charge in [0.05, 0.1) is 17.3 Å². The second-order valence-corrected chi connectivity index (χ2v) is 6.72. The number of hydrogen-bond donors (Lipinski definition) is 1. The van der Waals surface area contributed by atoms with Crippen LogP contribution in [-0.2, 0) is 0 Å². The Morgan fingerprint density at radius 3 is 2.50 bits per heavy atom. The highest BCUT2D eigenvalue weighted by Crippen LogP contribution is 2.34. The monoisotopic (exact) mass is 374 g/mol. The molecule has 5 heteroatoms. The molecule has 0 aliphatic carbocycles. The minimum atomic E-state index is -0.169. The van der Waals surface area contributed by atoms with E-state index in [-0.39, 0.29) is 18.7 Å². The van der Waals surface area contributed by atoms with Crippen molar-refractivity contribution in [2.75, 3.05) is 18.7 Å². The Kier molecular flexibility index (Phi) is 4.89. The van der Waals surface area contributed by atoms with Crippen molar-refractivity contribution in [3.05, 3.63) is 83.9 Å². The summed E-state index contributed by atoms with van der Waals surface area (Å²) in [5.74, 6) is 1.32. The molecule has 1 amide bonds. The van der Waals surface area contributed by atoms with Gasteiger partial charge < -0.3 is 19.7 Å². The van der Waals surface area contributed by atoms with Crippen LogP contribution in [0.15, 0.2) is 72.8 Å². The fourth-order valence-electron chi connectivity index (χ4n) is 3.29. The molecule has 0 bridgehead atoms. The maximum absolute atomic E-state index is 13.0. The predicted octanol–water partition coefficient (Wildman–Crippen LogP) is 4.67. The molecule has 0 unspecified atom stereocenters. The second kappa shape index (κ2) is 7.64. The Balaban J connectivity index is 1.55. The molecule has 4 rings (SSSR count). The average Bonchev–Trinajstić information content (AvgIpc) is 3.21. The molecule has 1 N–H and O–H groups in total. The van der Waals surface area contributed by atoms with Crippen LogP contribution in [0.4, 0.5) is 11.4 Å². The third kappa shape index (κ3) is 3.51. The highest BCUT2D eigenvalue weighted by atomic mass is 16.7. The first-order valence-electron chi connectivity index (χ1n) is 9.21. The summed E-state index contributed by atoms with van der Waals surface area (Å²) in [7, 11) is 1.96. The first-order chi connectivity index (χ1) is 13.6. The van der Waals surface area contributed by atoms with Gasteiger partial charge in [0.15, 0.2) is 11.5 Å². The highest BCUT2D eigenvalue weighted by molar-refractivity contribution is 6.00. The molecule has 0 spiro atoms. The number of ether oxygens (including phenoxy) is 2. The van der Waals surface area contributed by atoms with E-state index in [2.05, 4.69) is 5.32 Å². The van der Waals surface area contributed by atoms with E-state index in [9.17, 15) is 4.79 Å². The van der Waals surface area contributed by atoms with E-state index in [4.69, 9.17) is 9.47 Å². The van der Waals surface area contributed by atoms with Crippen LogP contribution in [0.2, 0.25) is 0 Å². The van der Waals surface area contributed by atoms with Gasteiger partial charge in [-0.1, -0.05) is 36.4 Å². The molecule has 28 heavy (non-hydrogen) atoms. The largest absolute Gasteiger partial charge is 0.454 e. The topological polar surface area (TPSA) is 50.8 Å². The van der Waals surface area contributed by atoms with Crippen molar-refractivity contribution in [2.45, 2.75) is 13.0 Å². The standard InChI is InChI=1S/C23H22N2O3/c1-16(17-12-13-21-22(14-17)28-15-27-21)24-23(26)19-10-6-7-11-20(19)25(2)18-8-4-3-5-9-18/h3-14,16H,15H2,1-2H3,(H,24,26)/t16-/m1/s1. The Morgan fingerprint density at radius 2 is 1.68 bits per heavy atom. The number of anilines is 2. The fourth-order valence-corrected chi connectivity index (χ4v) is 3.29. The van der Waals surface area contributed by atoms with Gasteiger partial charge in [-0.2, -0.15) is 0 Å². The van der Waals surface area contributed by atoms with Crippen LogP contribution in [0.25, 0.3) is 0 Å². The van der Waals surface area contributed by atoms with Crippen molar-refractivity contribution in [2.24, 2.45) is 0 Å². The third-order valence-corrected chi connectivity index (χ3v) is 4.90. The van der Waals surface area contributed by atoms with Crippen LogP contribution >= 0.6 is 0 Å². The number of para-hydroxylation sites is 2. The van der Waals surface area contributed by atoms with E-state index >= 15 is 0 Å². The molecule has 5 nitrogen and oxygen atoms in total. The zero-order chi connectivity index (χ0) is 19.5. The van der Waals surface area contributed by atoms with Crippen LogP contribution in [-0.4, -0.2) is 19.7 Å². The van der Waals surface area contributed by atoms with Gasteiger partial charge in [0.2, 0.25) is 6.79 Å². The Morgan fingerprint density at radius 1 is 0.964 bits per heavy atom. The minimum Gasteiger partial charge on any atom is -0.454 e. The van der Waals surface area contributed by atoms with Gasteiger partial charge in [0.1, 0.15) is 0 Å². The van der Waals surface area contributed by atoms with Crippen LogP contribution in [0, 0.1) is 0 Å². The van der Waals surface area contributed by atoms with E-state index < -0.39 is 0 Å². The van der Waals surface area contributed by atoms with E-state index in [0.717, 1.165) is 22.7 Å². The van der Waals surface area contributed by atoms with Crippen LogP contribution in [0.1, 0.15) is 28.9 Å². The Labute approximate surface area is 164 Å². The summed E-state index contributed by atoms with van der Waals surface area (Å²) < 4.78 is 10.8. The van der Waals surface area contributed by atoms with Gasteiger partial charge in [0.25, 0.3) is 5.91 Å². The second-order valence-electron chi connectivity index (χ2n) is 6.72. The summed E-state index contributed by atoms with van der Waals surface area (Å²) in [6.45, 7) is 2.19. The molecular formula is C23H22N2O3. The molecule has 0 radical (unpaired) electrons. The number of nitrogens with zero attached hydrogens (tertiary/aromatic N) is 1. The number of amides is 1. The lowest BCUT2D eigenvalue weighted by atomic mass is 10.1. The Bertz CT molecular complexity index is 988. The van der Waals surface area contributed by atoms with Gasteiger partial charge in [-0.25, -0.2) is 0 Å². The summed E-state index contributed by atoms with van der Waals surface area (Å²) in [6.07, 6.45) is 0. The van der Waals surface area contributed by atoms with Crippen molar-refractivity contribution < 1.29 is 14.3 Å². The van der Waals surface area contributed by atoms with E-state index in [1.54, 1.807) is 0 Å². The number of carbonyl (C=O) groups is 1. The van der Waals surface area contributed by atoms with Crippen molar-refractivity contribution >= 4 is 17.3 Å². The third-order valence-electron chi connectivity index (χ3n) is 4.90. The summed E-state index contributed by atoms with van der Waals surface area (Å²) in [5.41, 5.74) is 3.46. The molecule has 0 fully saturated rings. The average molecular weight is 374 g/mol. The van der Waals surface area contributed by atoms with E-state index in [0.29, 0.717) is 11.3 Å². The summed E-state index contributed by atoms with van der Waals surface area (Å²) in [4.78, 5) is 15.0. The number of nitrogens with one attached hydrogen (secondary N) is 1. The summed E-state index contributed by atoms with van der Waals surface area (Å²) in [6, 6.07) is 23.1. The number of carbonyl (C=O) groups excluding carboxylic acids is 1. The van der Waals surface area contributed by atoms with Crippen LogP contribution < -0.4 is 19.7 Å². The Hall–Kier alpha value is -3.47. The highest BCUT2D eigenvalue weighted by Gasteiger charge is 2.19. The normalized spacial score (nSPS) is 13.1. The van der Waals surface area contributed by atoms with Gasteiger partial charge in [-0.3, -0.25) is 4.79 Å². The number of rotatable bonds is 5. The molecule has 1 aliphatic rings. The molecule has 3 aromatic rings. The lowest BCUT2D eigenvalue weighted by Gasteiger charge is -2.23. The molecule has 0 aromatic heterocycles. The first-order valence-corrected chi connectivity index (χ1v) is 9.21. The van der Waals surface area contributed by atoms with Crippen LogP contribution in [0.3, 0.4) is 0 Å². The molecular weight excluding hydrogens is 352 g/mol. The van der Waals surface area contributed by atoms with Crippen LogP contribution in [0.5, 0.6) is 11.5 Å². The SMILES string of the molecule is C[C@@H](NC(=O)c1ccccc1N(C)c1ccccc1)c1ccc2c(c1)OCO2. The fraction of sp³-hybridized carbons (Fsp3) is 0.174. The molecule has 1 atom stereocenters. The summed E-state index contributed by atoms with van der Waals surface area (Å²) >= 11 is 0. The van der Waals surface area contributed by atoms with Gasteiger partial charge in [-0.05, 0) is 48.9 Å². The molecule has 3 aromatic carbocycles. The quantitative estimate of drug-likeness (QED) is 0.705. The molecule has 142 valence electrons. The number of benzene rings is 3. The van der Waals surface area contributed by atoms with E-state index in [1.165, 1.54) is 0 Å². The van der Waals surface area contributed by atoms with Gasteiger partial charge in [-0.15, -0.1) is 0 Å². The molecule has 1 heterocycles. The molecule has 0 saturated carbocycles. The molecule has 1 aliphatic heterocycles. The maximum Gasteiger partial charge on any atom is 0.253 e. The van der Waals surface area contributed by atoms with Gasteiger partial charge in [0, 0.05) is 12.7 Å². The smallest absolute Gasteiger partial charge is 0.253 e. The lowest BCUT2D eigenvalue weighted by molar-refractivity contribution is 0.0940. The van der Waals surface area contributed by atoms with Gasteiger partial charge >= 0.3 is 0 Å². The van der Waals surface area contributed by atoms with Crippen molar-refractivity contribution in [1.82, 2.24) is 5.32 Å². The van der Waals surface area contributed by atoms with Crippen molar-refractivity contribution in [1.29, 1.82) is 0 Å². The molecule has 0 saturated heterocycles. The first kappa shape index (κ1) is 17.9. The minimum absolute atomic E-state index is 0.122.